The van der Waals surface area contributed by atoms with Crippen LogP contribution in [0.4, 0.5) is 0 Å². The monoisotopic (exact) mass is 242 g/mol. The molecule has 0 spiro atoms. The van der Waals surface area contributed by atoms with Crippen LogP contribution >= 0.6 is 0 Å². The number of hydrogen-bond acceptors (Lipinski definition) is 1. The minimum Gasteiger partial charge on any atom is -0.376 e. The molecule has 2 rings (SSSR count). The zero-order valence-corrected chi connectivity index (χ0v) is 11.7. The van der Waals surface area contributed by atoms with Crippen LogP contribution in [0.2, 0.25) is 0 Å². The van der Waals surface area contributed by atoms with Gasteiger partial charge in [-0.05, 0) is 40.4 Å². The molecular weight excluding hydrogens is 220 g/mol. The van der Waals surface area contributed by atoms with Gasteiger partial charge in [0.05, 0.1) is 0 Å². The summed E-state index contributed by atoms with van der Waals surface area (Å²) in [4.78, 5) is 0. The third-order valence-electron chi connectivity index (χ3n) is 4.35. The predicted molar refractivity (Wildman–Crippen MR) is 75.5 cm³/mol. The quantitative estimate of drug-likeness (QED) is 0.744. The Bertz CT molecular complexity index is 503. The van der Waals surface area contributed by atoms with Crippen molar-refractivity contribution >= 4 is 0 Å². The molecule has 1 aromatic rings. The molecule has 1 N–H and O–H groups in total. The molecule has 1 aromatic carbocycles. The number of rotatable bonds is 1. The molecule has 0 aliphatic heterocycles. The molecule has 0 radical (unpaired) electrons. The minimum absolute atomic E-state index is 0.162. The highest BCUT2D eigenvalue weighted by Crippen LogP contribution is 2.46. The molecule has 1 aliphatic carbocycles. The van der Waals surface area contributed by atoms with E-state index < -0.39 is 6.10 Å². The van der Waals surface area contributed by atoms with E-state index in [2.05, 4.69) is 45.7 Å². The molecule has 0 amide bonds. The summed E-state index contributed by atoms with van der Waals surface area (Å²) in [6.45, 7) is 9.12. The van der Waals surface area contributed by atoms with Crippen LogP contribution in [0.1, 0.15) is 63.3 Å². The predicted octanol–water partition coefficient (Wildman–Crippen LogP) is 3.70. The number of terminal acetylenes is 1. The second-order valence-electron chi connectivity index (χ2n) is 6.64. The van der Waals surface area contributed by atoms with Gasteiger partial charge in [0, 0.05) is 0 Å². The average molecular weight is 242 g/mol. The number of aliphatic hydroxyl groups is 1. The lowest BCUT2D eigenvalue weighted by molar-refractivity contribution is 0.237. The minimum atomic E-state index is -0.795. The fraction of sp³-hybridized carbons (Fsp3) is 0.529. The number of hydrogen-bond donors (Lipinski definition) is 1. The highest BCUT2D eigenvalue weighted by atomic mass is 16.3. The molecule has 0 fully saturated rings. The van der Waals surface area contributed by atoms with Crippen molar-refractivity contribution in [1.82, 2.24) is 0 Å². The van der Waals surface area contributed by atoms with Crippen molar-refractivity contribution in [3.63, 3.8) is 0 Å². The van der Waals surface area contributed by atoms with Crippen molar-refractivity contribution in [2.75, 3.05) is 0 Å². The Morgan fingerprint density at radius 2 is 1.67 bits per heavy atom. The van der Waals surface area contributed by atoms with Crippen molar-refractivity contribution in [3.8, 4) is 12.3 Å². The molecule has 1 atom stereocenters. The van der Waals surface area contributed by atoms with Gasteiger partial charge in [0.25, 0.3) is 0 Å². The van der Waals surface area contributed by atoms with Crippen LogP contribution in [0, 0.1) is 12.3 Å². The van der Waals surface area contributed by atoms with Crippen molar-refractivity contribution in [1.29, 1.82) is 0 Å². The summed E-state index contributed by atoms with van der Waals surface area (Å²) in [5, 5.41) is 9.80. The Morgan fingerprint density at radius 3 is 2.22 bits per heavy atom. The first-order valence-electron chi connectivity index (χ1n) is 6.57. The second-order valence-corrected chi connectivity index (χ2v) is 6.64. The van der Waals surface area contributed by atoms with E-state index in [0.717, 1.165) is 5.56 Å². The number of benzene rings is 1. The summed E-state index contributed by atoms with van der Waals surface area (Å²) < 4.78 is 0. The first-order valence-corrected chi connectivity index (χ1v) is 6.57. The molecular formula is C17H22O. The maximum absolute atomic E-state index is 9.80. The molecule has 1 heteroatoms. The van der Waals surface area contributed by atoms with E-state index in [4.69, 9.17) is 6.42 Å². The van der Waals surface area contributed by atoms with E-state index in [0.29, 0.717) is 0 Å². The molecule has 0 bridgehead atoms. The summed E-state index contributed by atoms with van der Waals surface area (Å²) in [6, 6.07) is 6.21. The van der Waals surface area contributed by atoms with Crippen molar-refractivity contribution in [2.24, 2.45) is 0 Å². The highest BCUT2D eigenvalue weighted by Gasteiger charge is 2.37. The SMILES string of the molecule is C#C[C@H](O)c1ccc2c(c1)C(C)(C)CCC2(C)C. The summed E-state index contributed by atoms with van der Waals surface area (Å²) in [5.41, 5.74) is 3.94. The first kappa shape index (κ1) is 13.2. The van der Waals surface area contributed by atoms with Gasteiger partial charge in [-0.2, -0.15) is 0 Å². The lowest BCUT2D eigenvalue weighted by atomic mass is 9.63. The fourth-order valence-corrected chi connectivity index (χ4v) is 2.87. The summed E-state index contributed by atoms with van der Waals surface area (Å²) in [6.07, 6.45) is 6.87. The van der Waals surface area contributed by atoms with Crippen LogP contribution in [-0.2, 0) is 10.8 Å². The van der Waals surface area contributed by atoms with Gasteiger partial charge in [0.1, 0.15) is 6.10 Å². The van der Waals surface area contributed by atoms with Gasteiger partial charge < -0.3 is 5.11 Å². The van der Waals surface area contributed by atoms with Gasteiger partial charge in [-0.1, -0.05) is 51.8 Å². The molecule has 0 saturated heterocycles. The van der Waals surface area contributed by atoms with E-state index in [1.807, 2.05) is 6.07 Å². The Hall–Kier alpha value is -1.26. The summed E-state index contributed by atoms with van der Waals surface area (Å²) in [5.74, 6) is 2.39. The Labute approximate surface area is 110 Å². The van der Waals surface area contributed by atoms with Gasteiger partial charge in [-0.3, -0.25) is 0 Å². The largest absolute Gasteiger partial charge is 0.376 e. The van der Waals surface area contributed by atoms with Gasteiger partial charge >= 0.3 is 0 Å². The number of fused-ring (bicyclic) bond motifs is 1. The normalized spacial score (nSPS) is 21.8. The van der Waals surface area contributed by atoms with Gasteiger partial charge in [-0.15, -0.1) is 6.42 Å². The van der Waals surface area contributed by atoms with Crippen molar-refractivity contribution in [2.45, 2.75) is 57.5 Å². The molecule has 0 saturated carbocycles. The van der Waals surface area contributed by atoms with E-state index >= 15 is 0 Å². The zero-order chi connectivity index (χ0) is 13.6. The van der Waals surface area contributed by atoms with Crippen LogP contribution in [0.3, 0.4) is 0 Å². The number of aliphatic hydroxyl groups excluding tert-OH is 1. The zero-order valence-electron chi connectivity index (χ0n) is 11.7. The van der Waals surface area contributed by atoms with E-state index in [1.165, 1.54) is 24.0 Å². The molecule has 18 heavy (non-hydrogen) atoms. The second kappa shape index (κ2) is 4.14. The van der Waals surface area contributed by atoms with Crippen LogP contribution in [-0.4, -0.2) is 5.11 Å². The van der Waals surface area contributed by atoms with Crippen molar-refractivity contribution < 1.29 is 5.11 Å². The molecule has 0 aromatic heterocycles. The molecule has 1 nitrogen and oxygen atoms in total. The van der Waals surface area contributed by atoms with Crippen LogP contribution in [0.5, 0.6) is 0 Å². The smallest absolute Gasteiger partial charge is 0.139 e. The van der Waals surface area contributed by atoms with Gasteiger partial charge in [0.15, 0.2) is 0 Å². The fourth-order valence-electron chi connectivity index (χ4n) is 2.87. The van der Waals surface area contributed by atoms with Crippen LogP contribution in [0.15, 0.2) is 18.2 Å². The Balaban J connectivity index is 2.59. The van der Waals surface area contributed by atoms with E-state index in [-0.39, 0.29) is 10.8 Å². The van der Waals surface area contributed by atoms with Crippen molar-refractivity contribution in [3.05, 3.63) is 34.9 Å². The average Bonchev–Trinajstić information content (AvgIpc) is 2.34. The third kappa shape index (κ3) is 2.06. The van der Waals surface area contributed by atoms with Crippen LogP contribution < -0.4 is 0 Å². The summed E-state index contributed by atoms with van der Waals surface area (Å²) >= 11 is 0. The maximum Gasteiger partial charge on any atom is 0.139 e. The summed E-state index contributed by atoms with van der Waals surface area (Å²) in [7, 11) is 0. The standard InChI is InChI=1S/C17H22O/c1-6-15(18)12-7-8-13-14(11-12)17(4,5)10-9-16(13,2)3/h1,7-8,11,15,18H,9-10H2,2-5H3/t15-/m0/s1. The van der Waals surface area contributed by atoms with Gasteiger partial charge in [-0.25, -0.2) is 0 Å². The first-order chi connectivity index (χ1) is 8.28. The van der Waals surface area contributed by atoms with E-state index in [9.17, 15) is 5.11 Å². The Kier molecular flexibility index (Phi) is 3.03. The van der Waals surface area contributed by atoms with Gasteiger partial charge in [0.2, 0.25) is 0 Å². The molecule has 96 valence electrons. The maximum atomic E-state index is 9.80. The molecule has 1 aliphatic rings. The van der Waals surface area contributed by atoms with E-state index in [1.54, 1.807) is 0 Å². The van der Waals surface area contributed by atoms with Crippen LogP contribution in [0.25, 0.3) is 0 Å². The molecule has 0 unspecified atom stereocenters. The lowest BCUT2D eigenvalue weighted by Crippen LogP contribution is -2.34. The topological polar surface area (TPSA) is 20.2 Å². The lowest BCUT2D eigenvalue weighted by Gasteiger charge is -2.42. The Morgan fingerprint density at radius 1 is 1.11 bits per heavy atom. The third-order valence-corrected chi connectivity index (χ3v) is 4.35. The molecule has 0 heterocycles. The highest BCUT2D eigenvalue weighted by molar-refractivity contribution is 5.44.